The Bertz CT molecular complexity index is 1350. The summed E-state index contributed by atoms with van der Waals surface area (Å²) in [7, 11) is -3.58. The minimum Gasteiger partial charge on any atom is -0.378 e. The molecule has 0 spiro atoms. The van der Waals surface area contributed by atoms with Crippen molar-refractivity contribution < 1.29 is 22.7 Å². The van der Waals surface area contributed by atoms with Crippen LogP contribution in [0.3, 0.4) is 0 Å². The third kappa shape index (κ3) is 5.65. The lowest BCUT2D eigenvalue weighted by atomic mass is 9.81. The van der Waals surface area contributed by atoms with E-state index in [0.29, 0.717) is 61.9 Å². The highest BCUT2D eigenvalue weighted by Crippen LogP contribution is 2.45. The average molecular weight is 575 g/mol. The van der Waals surface area contributed by atoms with Gasteiger partial charge in [-0.25, -0.2) is 8.42 Å². The van der Waals surface area contributed by atoms with Crippen molar-refractivity contribution in [2.75, 3.05) is 44.7 Å². The molecule has 0 atom stereocenters. The van der Waals surface area contributed by atoms with Crippen LogP contribution in [-0.4, -0.2) is 74.4 Å². The van der Waals surface area contributed by atoms with Gasteiger partial charge in [-0.1, -0.05) is 6.42 Å². The number of amides is 2. The lowest BCUT2D eigenvalue weighted by molar-refractivity contribution is 0.0302. The molecule has 11 heteroatoms. The molecule has 212 valence electrons. The van der Waals surface area contributed by atoms with E-state index in [9.17, 15) is 18.0 Å². The van der Waals surface area contributed by atoms with Crippen molar-refractivity contribution in [3.8, 4) is 0 Å². The van der Waals surface area contributed by atoms with Gasteiger partial charge in [0, 0.05) is 47.7 Å². The lowest BCUT2D eigenvalue weighted by Crippen LogP contribution is -2.55. The number of nitrogens with one attached hydrogen (secondary N) is 2. The fraction of sp³-hybridized carbons (Fsp3) is 0.571. The fourth-order valence-electron chi connectivity index (χ4n) is 5.97. The standard InChI is InChI=1S/C28H38N4O5S2/c1-27(2)18-21-22(26(34)31-14-16-37-17-15-31)25(38-23(21)28(3,4)30-27)29-24(33)19-8-10-20(11-9-19)39(35,36)32-12-6-5-7-13-32/h8-11,30H,5-7,12-18H2,1-4H3,(H,29,33). The number of carbonyl (C=O) groups excluding carboxylic acids is 2. The van der Waals surface area contributed by atoms with Gasteiger partial charge in [0.15, 0.2) is 0 Å². The SMILES string of the molecule is CC1(C)Cc2c(sc(NC(=O)c3ccc(S(=O)(=O)N4CCCCC4)cc3)c2C(=O)N2CCOCC2)C(C)(C)N1. The summed E-state index contributed by atoms with van der Waals surface area (Å²) in [4.78, 5) is 30.3. The summed E-state index contributed by atoms with van der Waals surface area (Å²) >= 11 is 1.44. The Morgan fingerprint density at radius 1 is 0.974 bits per heavy atom. The number of carbonyl (C=O) groups is 2. The zero-order chi connectivity index (χ0) is 28.0. The van der Waals surface area contributed by atoms with Gasteiger partial charge in [-0.15, -0.1) is 11.3 Å². The molecule has 3 aliphatic heterocycles. The van der Waals surface area contributed by atoms with Crippen molar-refractivity contribution in [2.24, 2.45) is 0 Å². The van der Waals surface area contributed by atoms with Crippen LogP contribution in [0.5, 0.6) is 0 Å². The second-order valence-corrected chi connectivity index (χ2v) is 14.7. The molecule has 2 fully saturated rings. The summed E-state index contributed by atoms with van der Waals surface area (Å²) in [6.07, 6.45) is 3.42. The third-order valence-corrected chi connectivity index (χ3v) is 11.0. The van der Waals surface area contributed by atoms with Crippen molar-refractivity contribution in [1.29, 1.82) is 0 Å². The summed E-state index contributed by atoms with van der Waals surface area (Å²) in [6, 6.07) is 6.07. The first-order valence-electron chi connectivity index (χ1n) is 13.6. The summed E-state index contributed by atoms with van der Waals surface area (Å²) in [6.45, 7) is 11.5. The van der Waals surface area contributed by atoms with E-state index in [0.717, 1.165) is 29.7 Å². The first-order valence-corrected chi connectivity index (χ1v) is 15.9. The predicted octanol–water partition coefficient (Wildman–Crippen LogP) is 3.81. The minimum absolute atomic E-state index is 0.0948. The van der Waals surface area contributed by atoms with Gasteiger partial charge >= 0.3 is 0 Å². The van der Waals surface area contributed by atoms with Gasteiger partial charge in [-0.3, -0.25) is 9.59 Å². The molecule has 0 aliphatic carbocycles. The average Bonchev–Trinajstić information content (AvgIpc) is 3.26. The molecule has 5 rings (SSSR count). The van der Waals surface area contributed by atoms with Crippen molar-refractivity contribution in [1.82, 2.24) is 14.5 Å². The van der Waals surface area contributed by atoms with Gasteiger partial charge < -0.3 is 20.3 Å². The molecule has 3 aliphatic rings. The van der Waals surface area contributed by atoms with E-state index in [2.05, 4.69) is 38.3 Å². The maximum absolute atomic E-state index is 13.8. The molecule has 0 saturated carbocycles. The fourth-order valence-corrected chi connectivity index (χ4v) is 8.76. The number of hydrogen-bond donors (Lipinski definition) is 2. The van der Waals surface area contributed by atoms with Gasteiger partial charge in [-0.05, 0) is 76.8 Å². The third-order valence-electron chi connectivity index (χ3n) is 7.65. The molecule has 0 bridgehead atoms. The number of nitrogens with zero attached hydrogens (tertiary/aromatic N) is 2. The highest BCUT2D eigenvalue weighted by atomic mass is 32.2. The molecule has 1 aromatic carbocycles. The van der Waals surface area contributed by atoms with Gasteiger partial charge in [-0.2, -0.15) is 4.31 Å². The molecule has 9 nitrogen and oxygen atoms in total. The Balaban J connectivity index is 1.45. The van der Waals surface area contributed by atoms with Crippen molar-refractivity contribution >= 4 is 38.2 Å². The molecule has 2 aromatic rings. The molecule has 2 amide bonds. The first-order chi connectivity index (χ1) is 18.4. The predicted molar refractivity (Wildman–Crippen MR) is 152 cm³/mol. The van der Waals surface area contributed by atoms with Crippen LogP contribution in [0.2, 0.25) is 0 Å². The Labute approximate surface area is 234 Å². The summed E-state index contributed by atoms with van der Waals surface area (Å²) in [5.41, 5.74) is 1.26. The quantitative estimate of drug-likeness (QED) is 0.563. The highest BCUT2D eigenvalue weighted by Gasteiger charge is 2.42. The van der Waals surface area contributed by atoms with Crippen LogP contribution in [0.1, 0.15) is 78.1 Å². The second kappa shape index (κ2) is 10.6. The highest BCUT2D eigenvalue weighted by molar-refractivity contribution is 7.89. The van der Waals surface area contributed by atoms with E-state index in [4.69, 9.17) is 4.74 Å². The summed E-state index contributed by atoms with van der Waals surface area (Å²) in [5.74, 6) is -0.473. The van der Waals surface area contributed by atoms with E-state index >= 15 is 0 Å². The zero-order valence-corrected chi connectivity index (χ0v) is 24.8. The van der Waals surface area contributed by atoms with Crippen LogP contribution in [0.25, 0.3) is 0 Å². The molecular weight excluding hydrogens is 536 g/mol. The molecule has 39 heavy (non-hydrogen) atoms. The van der Waals surface area contributed by atoms with Gasteiger partial charge in [0.05, 0.1) is 23.7 Å². The van der Waals surface area contributed by atoms with Gasteiger partial charge in [0.1, 0.15) is 5.00 Å². The molecule has 0 unspecified atom stereocenters. The van der Waals surface area contributed by atoms with Gasteiger partial charge in [0.25, 0.3) is 11.8 Å². The number of thiophene rings is 1. The number of ether oxygens (including phenoxy) is 1. The summed E-state index contributed by atoms with van der Waals surface area (Å²) in [5, 5.41) is 7.20. The topological polar surface area (TPSA) is 108 Å². The van der Waals surface area contributed by atoms with E-state index in [1.165, 1.54) is 39.9 Å². The van der Waals surface area contributed by atoms with Crippen LogP contribution in [0.15, 0.2) is 29.2 Å². The van der Waals surface area contributed by atoms with Gasteiger partial charge in [0.2, 0.25) is 10.0 Å². The van der Waals surface area contributed by atoms with Crippen LogP contribution >= 0.6 is 11.3 Å². The molecule has 4 heterocycles. The Morgan fingerprint density at radius 3 is 2.26 bits per heavy atom. The number of morpholine rings is 1. The number of piperidine rings is 1. The maximum Gasteiger partial charge on any atom is 0.257 e. The molecule has 1 aromatic heterocycles. The number of sulfonamides is 1. The first kappa shape index (κ1) is 28.2. The largest absolute Gasteiger partial charge is 0.378 e. The lowest BCUT2D eigenvalue weighted by Gasteiger charge is -2.42. The van der Waals surface area contributed by atoms with E-state index in [1.807, 2.05) is 0 Å². The van der Waals surface area contributed by atoms with E-state index in [-0.39, 0.29) is 27.8 Å². The Morgan fingerprint density at radius 2 is 1.62 bits per heavy atom. The van der Waals surface area contributed by atoms with Crippen LogP contribution < -0.4 is 10.6 Å². The van der Waals surface area contributed by atoms with Crippen LogP contribution in [0.4, 0.5) is 5.00 Å². The van der Waals surface area contributed by atoms with Crippen molar-refractivity contribution in [3.63, 3.8) is 0 Å². The molecule has 2 saturated heterocycles. The van der Waals surface area contributed by atoms with Crippen LogP contribution in [0, 0.1) is 0 Å². The Hall–Kier alpha value is -2.31. The number of rotatable bonds is 5. The van der Waals surface area contributed by atoms with Crippen molar-refractivity contribution in [3.05, 3.63) is 45.8 Å². The normalized spacial score (nSPS) is 21.3. The van der Waals surface area contributed by atoms with Crippen molar-refractivity contribution in [2.45, 2.75) is 69.4 Å². The molecular formula is C28H38N4O5S2. The number of anilines is 1. The summed E-state index contributed by atoms with van der Waals surface area (Å²) < 4.78 is 33.0. The second-order valence-electron chi connectivity index (χ2n) is 11.8. The van der Waals surface area contributed by atoms with Crippen LogP contribution in [-0.2, 0) is 26.7 Å². The Kier molecular flexibility index (Phi) is 7.66. The monoisotopic (exact) mass is 574 g/mol. The van der Waals surface area contributed by atoms with E-state index < -0.39 is 10.0 Å². The number of benzene rings is 1. The zero-order valence-electron chi connectivity index (χ0n) is 23.1. The number of fused-ring (bicyclic) bond motifs is 1. The van der Waals surface area contributed by atoms with E-state index in [1.54, 1.807) is 4.90 Å². The number of hydrogen-bond acceptors (Lipinski definition) is 7. The maximum atomic E-state index is 13.8. The minimum atomic E-state index is -3.58. The molecule has 2 N–H and O–H groups in total. The smallest absolute Gasteiger partial charge is 0.257 e. The molecule has 0 radical (unpaired) electrons.